The molecule has 1 aromatic carbocycles. The Kier molecular flexibility index (Phi) is 3.26. The first-order valence-corrected chi connectivity index (χ1v) is 5.60. The molecule has 4 N–H and O–H groups in total. The average Bonchev–Trinajstić information content (AvgIpc) is 2.87. The normalized spacial score (nSPS) is 11.8. The van der Waals surface area contributed by atoms with Crippen molar-refractivity contribution in [3.63, 3.8) is 0 Å². The van der Waals surface area contributed by atoms with Crippen molar-refractivity contribution in [3.8, 4) is 11.8 Å². The van der Waals surface area contributed by atoms with Crippen LogP contribution in [0.3, 0.4) is 0 Å². The Hall–Kier alpha value is -2.38. The highest BCUT2D eigenvalue weighted by atomic mass is 35.5. The minimum absolute atomic E-state index is 0.00362. The van der Waals surface area contributed by atoms with Gasteiger partial charge in [-0.05, 0) is 36.4 Å². The van der Waals surface area contributed by atoms with Gasteiger partial charge in [0.15, 0.2) is 0 Å². The molecule has 0 saturated carbocycles. The van der Waals surface area contributed by atoms with Crippen LogP contribution in [0.25, 0.3) is 11.4 Å². The molecule has 0 spiro atoms. The second kappa shape index (κ2) is 4.86. The first-order chi connectivity index (χ1) is 8.63. The van der Waals surface area contributed by atoms with Gasteiger partial charge in [0.1, 0.15) is 11.8 Å². The number of nitriles is 1. The number of benzene rings is 1. The molecular formula is C13H11ClN4. The summed E-state index contributed by atoms with van der Waals surface area (Å²) < 4.78 is 1.84. The number of allylic oxidation sites excluding steroid dienone is 1. The van der Waals surface area contributed by atoms with E-state index in [1.165, 1.54) is 0 Å². The summed E-state index contributed by atoms with van der Waals surface area (Å²) in [4.78, 5) is 0. The Morgan fingerprint density at radius 3 is 2.44 bits per heavy atom. The summed E-state index contributed by atoms with van der Waals surface area (Å²) >= 11 is 5.84. The molecule has 90 valence electrons. The second-order valence-electron chi connectivity index (χ2n) is 3.68. The Bertz CT molecular complexity index is 632. The molecule has 0 aliphatic rings. The zero-order chi connectivity index (χ0) is 13.1. The van der Waals surface area contributed by atoms with Gasteiger partial charge in [-0.3, -0.25) is 0 Å². The lowest BCUT2D eigenvalue weighted by Crippen LogP contribution is -2.10. The van der Waals surface area contributed by atoms with Gasteiger partial charge in [0.25, 0.3) is 0 Å². The van der Waals surface area contributed by atoms with Crippen LogP contribution < -0.4 is 11.5 Å². The molecule has 0 amide bonds. The Morgan fingerprint density at radius 1 is 1.17 bits per heavy atom. The van der Waals surface area contributed by atoms with Crippen molar-refractivity contribution in [2.24, 2.45) is 11.5 Å². The van der Waals surface area contributed by atoms with Crippen molar-refractivity contribution in [2.75, 3.05) is 0 Å². The summed E-state index contributed by atoms with van der Waals surface area (Å²) in [6.45, 7) is 0. The van der Waals surface area contributed by atoms with Crippen molar-refractivity contribution < 1.29 is 0 Å². The molecule has 0 radical (unpaired) electrons. The monoisotopic (exact) mass is 258 g/mol. The molecule has 1 aromatic heterocycles. The smallest absolute Gasteiger partial charge is 0.136 e. The van der Waals surface area contributed by atoms with Gasteiger partial charge in [-0.1, -0.05) is 11.6 Å². The molecule has 2 aromatic rings. The maximum absolute atomic E-state index is 8.76. The molecule has 0 atom stereocenters. The van der Waals surface area contributed by atoms with E-state index in [1.54, 1.807) is 18.2 Å². The molecule has 0 bridgehead atoms. The summed E-state index contributed by atoms with van der Waals surface area (Å²) in [5, 5.41) is 9.42. The summed E-state index contributed by atoms with van der Waals surface area (Å²) in [6, 6.07) is 12.8. The van der Waals surface area contributed by atoms with Crippen molar-refractivity contribution >= 4 is 17.3 Å². The van der Waals surface area contributed by atoms with Crippen LogP contribution in [0.1, 0.15) is 5.69 Å². The van der Waals surface area contributed by atoms with Crippen LogP contribution in [-0.2, 0) is 0 Å². The topological polar surface area (TPSA) is 80.8 Å². The lowest BCUT2D eigenvalue weighted by atomic mass is 10.2. The number of hydrogen-bond acceptors (Lipinski definition) is 3. The zero-order valence-corrected chi connectivity index (χ0v) is 10.2. The second-order valence-corrected chi connectivity index (χ2v) is 4.12. The molecule has 0 fully saturated rings. The van der Waals surface area contributed by atoms with Crippen LogP contribution >= 0.6 is 11.6 Å². The number of rotatable bonds is 2. The van der Waals surface area contributed by atoms with Crippen molar-refractivity contribution in [2.45, 2.75) is 0 Å². The van der Waals surface area contributed by atoms with Crippen LogP contribution in [0.4, 0.5) is 0 Å². The van der Waals surface area contributed by atoms with Gasteiger partial charge in [0.2, 0.25) is 0 Å². The third-order valence-corrected chi connectivity index (χ3v) is 2.79. The van der Waals surface area contributed by atoms with Gasteiger partial charge in [-0.2, -0.15) is 5.26 Å². The van der Waals surface area contributed by atoms with Crippen LogP contribution in [0, 0.1) is 11.3 Å². The zero-order valence-electron chi connectivity index (χ0n) is 9.47. The van der Waals surface area contributed by atoms with E-state index in [2.05, 4.69) is 0 Å². The van der Waals surface area contributed by atoms with E-state index in [1.807, 2.05) is 35.0 Å². The fraction of sp³-hybridized carbons (Fsp3) is 0. The maximum atomic E-state index is 8.76. The highest BCUT2D eigenvalue weighted by molar-refractivity contribution is 6.30. The van der Waals surface area contributed by atoms with E-state index in [4.69, 9.17) is 28.3 Å². The predicted molar refractivity (Wildman–Crippen MR) is 71.7 cm³/mol. The van der Waals surface area contributed by atoms with E-state index >= 15 is 0 Å². The third kappa shape index (κ3) is 2.17. The Morgan fingerprint density at radius 2 is 1.83 bits per heavy atom. The maximum Gasteiger partial charge on any atom is 0.136 e. The Labute approximate surface area is 110 Å². The fourth-order valence-electron chi connectivity index (χ4n) is 1.63. The number of nitrogens with two attached hydrogens (primary N) is 2. The van der Waals surface area contributed by atoms with Crippen LogP contribution in [-0.4, -0.2) is 4.57 Å². The molecule has 0 aliphatic carbocycles. The highest BCUT2D eigenvalue weighted by Gasteiger charge is 2.08. The lowest BCUT2D eigenvalue weighted by molar-refractivity contribution is 1.04. The van der Waals surface area contributed by atoms with Crippen molar-refractivity contribution in [3.05, 3.63) is 59.0 Å². The summed E-state index contributed by atoms with van der Waals surface area (Å²) in [6.07, 6.45) is 1.84. The van der Waals surface area contributed by atoms with Crippen LogP contribution in [0.2, 0.25) is 5.02 Å². The molecular weight excluding hydrogens is 248 g/mol. The molecule has 18 heavy (non-hydrogen) atoms. The van der Waals surface area contributed by atoms with Gasteiger partial charge in [-0.15, -0.1) is 0 Å². The van der Waals surface area contributed by atoms with E-state index in [0.717, 1.165) is 5.69 Å². The van der Waals surface area contributed by atoms with E-state index in [0.29, 0.717) is 10.7 Å². The quantitative estimate of drug-likeness (QED) is 0.811. The molecule has 0 saturated heterocycles. The van der Waals surface area contributed by atoms with Gasteiger partial charge in [-0.25, -0.2) is 0 Å². The standard InChI is InChI=1S/C13H11ClN4/c14-9-3-5-10(6-4-9)18-7-1-2-12(18)13(17)11(16)8-15/h1-7H,16-17H2/b13-11-. The van der Waals surface area contributed by atoms with Crippen molar-refractivity contribution in [1.29, 1.82) is 5.26 Å². The highest BCUT2D eigenvalue weighted by Crippen LogP contribution is 2.19. The van der Waals surface area contributed by atoms with E-state index in [9.17, 15) is 0 Å². The van der Waals surface area contributed by atoms with Gasteiger partial charge < -0.3 is 16.0 Å². The van der Waals surface area contributed by atoms with Gasteiger partial charge in [0, 0.05) is 16.9 Å². The minimum atomic E-state index is 0.00362. The fourth-order valence-corrected chi connectivity index (χ4v) is 1.75. The average molecular weight is 259 g/mol. The van der Waals surface area contributed by atoms with E-state index < -0.39 is 0 Å². The number of nitrogens with zero attached hydrogens (tertiary/aromatic N) is 2. The first-order valence-electron chi connectivity index (χ1n) is 5.22. The van der Waals surface area contributed by atoms with Crippen LogP contribution in [0.5, 0.6) is 0 Å². The summed E-state index contributed by atoms with van der Waals surface area (Å²) in [5.41, 5.74) is 13.2. The molecule has 1 heterocycles. The predicted octanol–water partition coefficient (Wildman–Crippen LogP) is 2.24. The lowest BCUT2D eigenvalue weighted by Gasteiger charge is -2.10. The molecule has 0 aliphatic heterocycles. The molecule has 5 heteroatoms. The molecule has 4 nitrogen and oxygen atoms in total. The van der Waals surface area contributed by atoms with E-state index in [-0.39, 0.29) is 11.4 Å². The summed E-state index contributed by atoms with van der Waals surface area (Å²) in [5.74, 6) is 0. The number of halogens is 1. The molecule has 2 rings (SSSR count). The minimum Gasteiger partial charge on any atom is -0.395 e. The Balaban J connectivity index is 2.53. The first kappa shape index (κ1) is 12.1. The molecule has 0 unspecified atom stereocenters. The van der Waals surface area contributed by atoms with Crippen LogP contribution in [0.15, 0.2) is 48.3 Å². The summed E-state index contributed by atoms with van der Waals surface area (Å²) in [7, 11) is 0. The SMILES string of the molecule is N#C/C(N)=C(/N)c1cccn1-c1ccc(Cl)cc1. The van der Waals surface area contributed by atoms with Gasteiger partial charge in [0.05, 0.1) is 11.4 Å². The van der Waals surface area contributed by atoms with Crippen molar-refractivity contribution in [1.82, 2.24) is 4.57 Å². The largest absolute Gasteiger partial charge is 0.395 e. The van der Waals surface area contributed by atoms with Gasteiger partial charge >= 0.3 is 0 Å². The number of hydrogen-bond donors (Lipinski definition) is 2. The third-order valence-electron chi connectivity index (χ3n) is 2.54. The number of aromatic nitrogens is 1.